The Labute approximate surface area is 121 Å². The second-order valence-electron chi connectivity index (χ2n) is 4.68. The lowest BCUT2D eigenvalue weighted by Crippen LogP contribution is -2.29. The van der Waals surface area contributed by atoms with Crippen LogP contribution in [0.3, 0.4) is 0 Å². The van der Waals surface area contributed by atoms with E-state index in [1.54, 1.807) is 6.07 Å². The van der Waals surface area contributed by atoms with Crippen LogP contribution in [0, 0.1) is 6.92 Å². The van der Waals surface area contributed by atoms with Crippen molar-refractivity contribution in [1.29, 1.82) is 0 Å². The van der Waals surface area contributed by atoms with E-state index in [0.29, 0.717) is 11.3 Å². The molecule has 0 aliphatic heterocycles. The largest absolute Gasteiger partial charge is 0.465 e. The molecule has 1 aromatic heterocycles. The summed E-state index contributed by atoms with van der Waals surface area (Å²) in [5.74, 6) is 0.448. The van der Waals surface area contributed by atoms with Gasteiger partial charge in [-0.15, -0.1) is 0 Å². The topological polar surface area (TPSA) is 54.5 Å². The molecule has 0 amide bonds. The van der Waals surface area contributed by atoms with Crippen molar-refractivity contribution in [1.82, 2.24) is 9.88 Å². The number of rotatable bonds is 8. The lowest BCUT2D eigenvalue weighted by atomic mass is 10.2. The van der Waals surface area contributed by atoms with Crippen molar-refractivity contribution in [2.45, 2.75) is 27.2 Å². The summed E-state index contributed by atoms with van der Waals surface area (Å²) in [6, 6.07) is 3.56. The summed E-state index contributed by atoms with van der Waals surface area (Å²) in [6.07, 6.45) is 1.17. The summed E-state index contributed by atoms with van der Waals surface area (Å²) in [4.78, 5) is 18.2. The Morgan fingerprint density at radius 1 is 1.35 bits per heavy atom. The Morgan fingerprint density at radius 3 is 2.65 bits per heavy atom. The van der Waals surface area contributed by atoms with Crippen molar-refractivity contribution in [2.75, 3.05) is 38.6 Å². The standard InChI is InChI=1S/C15H25N3O2/c1-5-10-18(6-2)11-9-16-14-8-7-13(12(3)17-14)15(19)20-4/h7-8H,5-6,9-11H2,1-4H3,(H,16,17). The zero-order chi connectivity index (χ0) is 15.0. The molecule has 0 bridgehead atoms. The van der Waals surface area contributed by atoms with Crippen LogP contribution in [0.2, 0.25) is 0 Å². The van der Waals surface area contributed by atoms with Gasteiger partial charge in [0.2, 0.25) is 0 Å². The van der Waals surface area contributed by atoms with Gasteiger partial charge in [0.15, 0.2) is 0 Å². The molecule has 1 rings (SSSR count). The lowest BCUT2D eigenvalue weighted by molar-refractivity contribution is 0.0599. The highest BCUT2D eigenvalue weighted by Crippen LogP contribution is 2.11. The number of nitrogens with one attached hydrogen (secondary N) is 1. The fourth-order valence-electron chi connectivity index (χ4n) is 2.07. The number of aryl methyl sites for hydroxylation is 1. The molecule has 1 aromatic rings. The molecule has 0 saturated carbocycles. The van der Waals surface area contributed by atoms with Gasteiger partial charge < -0.3 is 15.0 Å². The Kier molecular flexibility index (Phi) is 7.01. The summed E-state index contributed by atoms with van der Waals surface area (Å²) < 4.78 is 4.70. The Bertz CT molecular complexity index is 435. The monoisotopic (exact) mass is 279 g/mol. The van der Waals surface area contributed by atoms with Gasteiger partial charge in [0, 0.05) is 13.1 Å². The molecule has 0 aliphatic rings. The molecule has 0 unspecified atom stereocenters. The number of hydrogen-bond acceptors (Lipinski definition) is 5. The van der Waals surface area contributed by atoms with E-state index in [1.807, 2.05) is 13.0 Å². The molecule has 1 N–H and O–H groups in total. The summed E-state index contributed by atoms with van der Waals surface area (Å²) in [6.45, 7) is 10.2. The number of nitrogens with zero attached hydrogens (tertiary/aromatic N) is 2. The number of hydrogen-bond donors (Lipinski definition) is 1. The second kappa shape index (κ2) is 8.53. The predicted molar refractivity (Wildman–Crippen MR) is 81.2 cm³/mol. The number of aromatic nitrogens is 1. The molecular formula is C15H25N3O2. The molecule has 0 atom stereocenters. The Hall–Kier alpha value is -1.62. The zero-order valence-corrected chi connectivity index (χ0v) is 12.9. The van der Waals surface area contributed by atoms with Gasteiger partial charge in [0.25, 0.3) is 0 Å². The molecule has 0 radical (unpaired) electrons. The fourth-order valence-corrected chi connectivity index (χ4v) is 2.07. The molecule has 5 nitrogen and oxygen atoms in total. The van der Waals surface area contributed by atoms with E-state index in [9.17, 15) is 4.79 Å². The van der Waals surface area contributed by atoms with Crippen LogP contribution in [0.5, 0.6) is 0 Å². The van der Waals surface area contributed by atoms with Gasteiger partial charge in [-0.1, -0.05) is 13.8 Å². The minimum atomic E-state index is -0.346. The van der Waals surface area contributed by atoms with Crippen molar-refractivity contribution < 1.29 is 9.53 Å². The highest BCUT2D eigenvalue weighted by molar-refractivity contribution is 5.90. The first-order valence-corrected chi connectivity index (χ1v) is 7.14. The molecule has 0 spiro atoms. The third-order valence-corrected chi connectivity index (χ3v) is 3.21. The van der Waals surface area contributed by atoms with Crippen LogP contribution in [-0.4, -0.2) is 49.1 Å². The average molecular weight is 279 g/mol. The number of likely N-dealkylation sites (N-methyl/N-ethyl adjacent to an activating group) is 1. The maximum Gasteiger partial charge on any atom is 0.339 e. The molecule has 112 valence electrons. The minimum absolute atomic E-state index is 0.346. The third kappa shape index (κ3) is 4.81. The first-order chi connectivity index (χ1) is 9.62. The average Bonchev–Trinajstić information content (AvgIpc) is 2.45. The van der Waals surface area contributed by atoms with Gasteiger partial charge >= 0.3 is 5.97 Å². The zero-order valence-electron chi connectivity index (χ0n) is 12.9. The molecule has 5 heteroatoms. The third-order valence-electron chi connectivity index (χ3n) is 3.21. The van der Waals surface area contributed by atoms with Crippen LogP contribution in [0.4, 0.5) is 5.82 Å². The quantitative estimate of drug-likeness (QED) is 0.740. The molecule has 1 heterocycles. The number of pyridine rings is 1. The Morgan fingerprint density at radius 2 is 2.10 bits per heavy atom. The highest BCUT2D eigenvalue weighted by Gasteiger charge is 2.10. The van der Waals surface area contributed by atoms with Gasteiger partial charge in [-0.2, -0.15) is 0 Å². The van der Waals surface area contributed by atoms with E-state index in [4.69, 9.17) is 4.74 Å². The summed E-state index contributed by atoms with van der Waals surface area (Å²) in [5, 5.41) is 3.29. The molecule has 0 aromatic carbocycles. The summed E-state index contributed by atoms with van der Waals surface area (Å²) >= 11 is 0. The summed E-state index contributed by atoms with van der Waals surface area (Å²) in [5.41, 5.74) is 1.20. The van der Waals surface area contributed by atoms with Crippen molar-refractivity contribution in [3.8, 4) is 0 Å². The minimum Gasteiger partial charge on any atom is -0.465 e. The van der Waals surface area contributed by atoms with E-state index in [-0.39, 0.29) is 5.97 Å². The first kappa shape index (κ1) is 16.4. The van der Waals surface area contributed by atoms with Gasteiger partial charge in [-0.25, -0.2) is 9.78 Å². The van der Waals surface area contributed by atoms with Crippen LogP contribution < -0.4 is 5.32 Å². The van der Waals surface area contributed by atoms with Crippen molar-refractivity contribution >= 4 is 11.8 Å². The Balaban J connectivity index is 2.53. The molecule has 0 aliphatic carbocycles. The fraction of sp³-hybridized carbons (Fsp3) is 0.600. The van der Waals surface area contributed by atoms with E-state index >= 15 is 0 Å². The van der Waals surface area contributed by atoms with E-state index in [1.165, 1.54) is 13.5 Å². The number of carbonyl (C=O) groups is 1. The molecule has 20 heavy (non-hydrogen) atoms. The van der Waals surface area contributed by atoms with Crippen LogP contribution >= 0.6 is 0 Å². The summed E-state index contributed by atoms with van der Waals surface area (Å²) in [7, 11) is 1.38. The van der Waals surface area contributed by atoms with Gasteiger partial charge in [0.05, 0.1) is 18.4 Å². The normalized spacial score (nSPS) is 10.7. The maximum absolute atomic E-state index is 11.5. The number of esters is 1. The van der Waals surface area contributed by atoms with E-state index in [0.717, 1.165) is 32.0 Å². The lowest BCUT2D eigenvalue weighted by Gasteiger charge is -2.19. The molecule has 0 saturated heterocycles. The van der Waals surface area contributed by atoms with E-state index < -0.39 is 0 Å². The smallest absolute Gasteiger partial charge is 0.339 e. The van der Waals surface area contributed by atoms with Gasteiger partial charge in [-0.05, 0) is 38.6 Å². The number of methoxy groups -OCH3 is 1. The molecule has 0 fully saturated rings. The van der Waals surface area contributed by atoms with Crippen LogP contribution in [0.25, 0.3) is 0 Å². The van der Waals surface area contributed by atoms with Crippen LogP contribution in [0.1, 0.15) is 36.3 Å². The maximum atomic E-state index is 11.5. The first-order valence-electron chi connectivity index (χ1n) is 7.14. The number of anilines is 1. The SMILES string of the molecule is CCCN(CC)CCNc1ccc(C(=O)OC)c(C)n1. The van der Waals surface area contributed by atoms with Crippen molar-refractivity contribution in [2.24, 2.45) is 0 Å². The molecular weight excluding hydrogens is 254 g/mol. The number of ether oxygens (including phenoxy) is 1. The van der Waals surface area contributed by atoms with Gasteiger partial charge in [0.1, 0.15) is 5.82 Å². The van der Waals surface area contributed by atoms with Gasteiger partial charge in [-0.3, -0.25) is 0 Å². The van der Waals surface area contributed by atoms with Crippen molar-refractivity contribution in [3.05, 3.63) is 23.4 Å². The van der Waals surface area contributed by atoms with E-state index in [2.05, 4.69) is 29.0 Å². The van der Waals surface area contributed by atoms with Crippen molar-refractivity contribution in [3.63, 3.8) is 0 Å². The second-order valence-corrected chi connectivity index (χ2v) is 4.68. The predicted octanol–water partition coefficient (Wildman–Crippen LogP) is 2.32. The van der Waals surface area contributed by atoms with Crippen LogP contribution in [-0.2, 0) is 4.74 Å². The number of carbonyl (C=O) groups excluding carboxylic acids is 1. The highest BCUT2D eigenvalue weighted by atomic mass is 16.5. The van der Waals surface area contributed by atoms with Crippen LogP contribution in [0.15, 0.2) is 12.1 Å².